The van der Waals surface area contributed by atoms with E-state index in [2.05, 4.69) is 6.07 Å². The fourth-order valence-electron chi connectivity index (χ4n) is 1.58. The smallest absolute Gasteiger partial charge is 0.119 e. The molecule has 19 heavy (non-hydrogen) atoms. The molecule has 0 unspecified atom stereocenters. The standard InChI is InChI=1S/C15H16ClNOS/c16-15-4-2-1-3-12(15)11-19-10-9-18-14-7-5-13(17)6-8-14/h1-8H,9-11,17H2. The summed E-state index contributed by atoms with van der Waals surface area (Å²) < 4.78 is 5.62. The molecule has 0 amide bonds. The van der Waals surface area contributed by atoms with E-state index in [9.17, 15) is 0 Å². The SMILES string of the molecule is Nc1ccc(OCCSCc2ccccc2Cl)cc1. The molecule has 0 aliphatic carbocycles. The van der Waals surface area contributed by atoms with Crippen molar-refractivity contribution in [2.24, 2.45) is 0 Å². The lowest BCUT2D eigenvalue weighted by molar-refractivity contribution is 0.344. The lowest BCUT2D eigenvalue weighted by atomic mass is 10.2. The Hall–Kier alpha value is -1.32. The summed E-state index contributed by atoms with van der Waals surface area (Å²) in [6.45, 7) is 0.680. The van der Waals surface area contributed by atoms with Gasteiger partial charge < -0.3 is 10.5 Å². The van der Waals surface area contributed by atoms with Gasteiger partial charge in [0.2, 0.25) is 0 Å². The van der Waals surface area contributed by atoms with Gasteiger partial charge in [-0.15, -0.1) is 0 Å². The van der Waals surface area contributed by atoms with E-state index in [1.807, 2.05) is 54.2 Å². The summed E-state index contributed by atoms with van der Waals surface area (Å²) in [4.78, 5) is 0. The summed E-state index contributed by atoms with van der Waals surface area (Å²) >= 11 is 7.90. The second-order valence-corrected chi connectivity index (χ2v) is 5.57. The second-order valence-electron chi connectivity index (χ2n) is 4.06. The van der Waals surface area contributed by atoms with Crippen LogP contribution in [0.2, 0.25) is 5.02 Å². The highest BCUT2D eigenvalue weighted by molar-refractivity contribution is 7.98. The molecule has 0 saturated carbocycles. The van der Waals surface area contributed by atoms with E-state index in [1.165, 1.54) is 5.56 Å². The van der Waals surface area contributed by atoms with E-state index < -0.39 is 0 Å². The molecule has 0 spiro atoms. The first-order valence-corrected chi connectivity index (χ1v) is 7.58. The predicted molar refractivity (Wildman–Crippen MR) is 84.0 cm³/mol. The van der Waals surface area contributed by atoms with Crippen LogP contribution in [0.5, 0.6) is 5.75 Å². The summed E-state index contributed by atoms with van der Waals surface area (Å²) in [5.74, 6) is 2.69. The zero-order valence-corrected chi connectivity index (χ0v) is 12.1. The Balaban J connectivity index is 1.67. The summed E-state index contributed by atoms with van der Waals surface area (Å²) in [5, 5.41) is 0.828. The highest BCUT2D eigenvalue weighted by Gasteiger charge is 1.99. The van der Waals surface area contributed by atoms with Gasteiger partial charge in [-0.05, 0) is 35.9 Å². The Morgan fingerprint density at radius 1 is 1.05 bits per heavy atom. The minimum atomic E-state index is 0.680. The number of ether oxygens (including phenoxy) is 1. The average molecular weight is 294 g/mol. The second kappa shape index (κ2) is 7.31. The molecule has 100 valence electrons. The lowest BCUT2D eigenvalue weighted by Gasteiger charge is -2.07. The molecule has 0 aliphatic heterocycles. The predicted octanol–water partition coefficient (Wildman–Crippen LogP) is 4.23. The van der Waals surface area contributed by atoms with Crippen molar-refractivity contribution in [3.8, 4) is 5.75 Å². The monoisotopic (exact) mass is 293 g/mol. The third-order valence-corrected chi connectivity index (χ3v) is 3.93. The Bertz CT molecular complexity index is 516. The fraction of sp³-hybridized carbons (Fsp3) is 0.200. The molecule has 0 saturated heterocycles. The quantitative estimate of drug-likeness (QED) is 0.639. The Morgan fingerprint density at radius 3 is 2.53 bits per heavy atom. The Morgan fingerprint density at radius 2 is 1.79 bits per heavy atom. The molecule has 0 atom stereocenters. The molecule has 4 heteroatoms. The Kier molecular flexibility index (Phi) is 5.43. The first-order chi connectivity index (χ1) is 9.25. The van der Waals surface area contributed by atoms with Gasteiger partial charge in [-0.25, -0.2) is 0 Å². The van der Waals surface area contributed by atoms with Gasteiger partial charge in [-0.2, -0.15) is 11.8 Å². The zero-order chi connectivity index (χ0) is 13.5. The molecule has 2 aromatic carbocycles. The van der Waals surface area contributed by atoms with Crippen molar-refractivity contribution in [1.82, 2.24) is 0 Å². The van der Waals surface area contributed by atoms with E-state index in [-0.39, 0.29) is 0 Å². The van der Waals surface area contributed by atoms with Crippen LogP contribution >= 0.6 is 23.4 Å². The van der Waals surface area contributed by atoms with Crippen LogP contribution in [0.4, 0.5) is 5.69 Å². The molecule has 0 heterocycles. The molecular weight excluding hydrogens is 278 g/mol. The highest BCUT2D eigenvalue weighted by atomic mass is 35.5. The van der Waals surface area contributed by atoms with Crippen LogP contribution in [0.25, 0.3) is 0 Å². The topological polar surface area (TPSA) is 35.2 Å². The number of hydrogen-bond acceptors (Lipinski definition) is 3. The largest absolute Gasteiger partial charge is 0.493 e. The van der Waals surface area contributed by atoms with Gasteiger partial charge in [0.15, 0.2) is 0 Å². The summed E-state index contributed by atoms with van der Waals surface area (Å²) in [5.41, 5.74) is 7.53. The van der Waals surface area contributed by atoms with Crippen LogP contribution in [0.3, 0.4) is 0 Å². The third kappa shape index (κ3) is 4.69. The van der Waals surface area contributed by atoms with Crippen LogP contribution in [-0.2, 0) is 5.75 Å². The Labute approximate surface area is 122 Å². The van der Waals surface area contributed by atoms with Crippen molar-refractivity contribution >= 4 is 29.1 Å². The van der Waals surface area contributed by atoms with Crippen LogP contribution in [0, 0.1) is 0 Å². The number of hydrogen-bond donors (Lipinski definition) is 1. The van der Waals surface area contributed by atoms with Crippen LogP contribution < -0.4 is 10.5 Å². The maximum absolute atomic E-state index is 6.09. The first-order valence-electron chi connectivity index (χ1n) is 6.05. The van der Waals surface area contributed by atoms with E-state index in [0.29, 0.717) is 6.61 Å². The molecule has 0 aliphatic rings. The van der Waals surface area contributed by atoms with Crippen LogP contribution in [0.15, 0.2) is 48.5 Å². The van der Waals surface area contributed by atoms with E-state index in [4.69, 9.17) is 22.1 Å². The van der Waals surface area contributed by atoms with Crippen molar-refractivity contribution in [3.63, 3.8) is 0 Å². The van der Waals surface area contributed by atoms with Gasteiger partial charge >= 0.3 is 0 Å². The highest BCUT2D eigenvalue weighted by Crippen LogP contribution is 2.21. The number of nitrogens with two attached hydrogens (primary N) is 1. The van der Waals surface area contributed by atoms with Gasteiger partial charge in [0.25, 0.3) is 0 Å². The average Bonchev–Trinajstić information content (AvgIpc) is 2.42. The zero-order valence-electron chi connectivity index (χ0n) is 10.5. The van der Waals surface area contributed by atoms with Crippen molar-refractivity contribution < 1.29 is 4.74 Å². The van der Waals surface area contributed by atoms with Gasteiger partial charge in [-0.1, -0.05) is 29.8 Å². The van der Waals surface area contributed by atoms with Crippen LogP contribution in [-0.4, -0.2) is 12.4 Å². The summed E-state index contributed by atoms with van der Waals surface area (Å²) in [6, 6.07) is 15.4. The fourth-order valence-corrected chi connectivity index (χ4v) is 2.68. The molecule has 0 aromatic heterocycles. The van der Waals surface area contributed by atoms with Crippen LogP contribution in [0.1, 0.15) is 5.56 Å². The number of rotatable bonds is 6. The summed E-state index contributed by atoms with van der Waals surface area (Å²) in [7, 11) is 0. The van der Waals surface area contributed by atoms with E-state index >= 15 is 0 Å². The normalized spacial score (nSPS) is 10.4. The molecule has 0 bridgehead atoms. The third-order valence-electron chi connectivity index (χ3n) is 2.59. The molecule has 2 nitrogen and oxygen atoms in total. The minimum Gasteiger partial charge on any atom is -0.493 e. The molecule has 0 fully saturated rings. The van der Waals surface area contributed by atoms with Crippen molar-refractivity contribution in [1.29, 1.82) is 0 Å². The van der Waals surface area contributed by atoms with E-state index in [1.54, 1.807) is 0 Å². The van der Waals surface area contributed by atoms with Crippen molar-refractivity contribution in [2.75, 3.05) is 18.1 Å². The van der Waals surface area contributed by atoms with Gasteiger partial charge in [0.05, 0.1) is 6.61 Å². The number of halogens is 1. The molecule has 2 aromatic rings. The molecule has 0 radical (unpaired) electrons. The number of nitrogen functional groups attached to an aromatic ring is 1. The first kappa shape index (κ1) is 14.1. The van der Waals surface area contributed by atoms with Gasteiger partial charge in [0.1, 0.15) is 5.75 Å². The minimum absolute atomic E-state index is 0.680. The summed E-state index contributed by atoms with van der Waals surface area (Å²) in [6.07, 6.45) is 0. The van der Waals surface area contributed by atoms with Gasteiger partial charge in [0, 0.05) is 22.2 Å². The van der Waals surface area contributed by atoms with Crippen molar-refractivity contribution in [2.45, 2.75) is 5.75 Å². The lowest BCUT2D eigenvalue weighted by Crippen LogP contribution is -2.00. The number of benzene rings is 2. The molecule has 2 rings (SSSR count). The molecular formula is C15H16ClNOS. The van der Waals surface area contributed by atoms with Crippen molar-refractivity contribution in [3.05, 3.63) is 59.1 Å². The van der Waals surface area contributed by atoms with E-state index in [0.717, 1.165) is 28.0 Å². The number of thioether (sulfide) groups is 1. The maximum atomic E-state index is 6.09. The molecule has 2 N–H and O–H groups in total. The number of anilines is 1. The van der Waals surface area contributed by atoms with Gasteiger partial charge in [-0.3, -0.25) is 0 Å². The maximum Gasteiger partial charge on any atom is 0.119 e.